The third kappa shape index (κ3) is 3.90. The number of benzene rings is 1. The van der Waals surface area contributed by atoms with Gasteiger partial charge in [0.2, 0.25) is 11.9 Å². The Morgan fingerprint density at radius 3 is 2.68 bits per heavy atom. The number of primary amides is 1. The molecule has 1 amide bonds. The zero-order valence-corrected chi connectivity index (χ0v) is 17.7. The summed E-state index contributed by atoms with van der Waals surface area (Å²) in [7, 11) is 0. The molecule has 0 radical (unpaired) electrons. The predicted molar refractivity (Wildman–Crippen MR) is 119 cm³/mol. The van der Waals surface area contributed by atoms with Crippen molar-refractivity contribution in [2.24, 2.45) is 23.5 Å². The number of nitrogens with zero attached hydrogens (tertiary/aromatic N) is 2. The van der Waals surface area contributed by atoms with Crippen molar-refractivity contribution in [3.63, 3.8) is 0 Å². The quantitative estimate of drug-likeness (QED) is 0.488. The van der Waals surface area contributed by atoms with Gasteiger partial charge >= 0.3 is 0 Å². The Balaban J connectivity index is 1.35. The molecule has 4 atom stereocenters. The molecule has 0 aliphatic heterocycles. The van der Waals surface area contributed by atoms with Crippen LogP contribution in [-0.2, 0) is 22.4 Å². The highest BCUT2D eigenvalue weighted by atomic mass is 35.5. The Morgan fingerprint density at radius 2 is 1.87 bits per heavy atom. The number of nitrogens with one attached hydrogen (secondary N) is 2. The Morgan fingerprint density at radius 1 is 1.10 bits per heavy atom. The van der Waals surface area contributed by atoms with E-state index in [-0.39, 0.29) is 29.7 Å². The smallest absolute Gasteiger partial charge is 0.229 e. The molecule has 3 aliphatic rings. The van der Waals surface area contributed by atoms with Crippen LogP contribution in [0.1, 0.15) is 30.4 Å². The minimum Gasteiger partial charge on any atom is -0.369 e. The van der Waals surface area contributed by atoms with E-state index in [0.717, 1.165) is 24.9 Å². The van der Waals surface area contributed by atoms with Crippen LogP contribution in [0, 0.1) is 17.8 Å². The maximum Gasteiger partial charge on any atom is 0.229 e. The molecular formula is C23H24ClN5O2. The van der Waals surface area contributed by atoms with Gasteiger partial charge in [0.1, 0.15) is 10.8 Å². The summed E-state index contributed by atoms with van der Waals surface area (Å²) in [5.41, 5.74) is 8.92. The summed E-state index contributed by atoms with van der Waals surface area (Å²) in [6, 6.07) is 5.97. The number of halogens is 1. The Kier molecular flexibility index (Phi) is 5.14. The molecule has 1 aromatic carbocycles. The van der Waals surface area contributed by atoms with E-state index in [1.807, 2.05) is 6.07 Å². The molecule has 1 saturated carbocycles. The molecule has 0 saturated heterocycles. The lowest BCUT2D eigenvalue weighted by atomic mass is 9.88. The molecule has 1 heterocycles. The molecule has 4 N–H and O–H groups in total. The molecule has 5 rings (SSSR count). The second-order valence-electron chi connectivity index (χ2n) is 8.58. The highest BCUT2D eigenvalue weighted by Gasteiger charge is 2.47. The van der Waals surface area contributed by atoms with Crippen LogP contribution >= 0.6 is 11.6 Å². The minimum atomic E-state index is -0.304. The topological polar surface area (TPSA) is 110 Å². The molecule has 1 aromatic heterocycles. The number of fused-ring (bicyclic) bond motifs is 3. The van der Waals surface area contributed by atoms with E-state index in [9.17, 15) is 9.59 Å². The first-order chi connectivity index (χ1) is 15.0. The number of rotatable bonds is 5. The highest BCUT2D eigenvalue weighted by molar-refractivity contribution is 6.32. The van der Waals surface area contributed by atoms with E-state index in [1.165, 1.54) is 11.1 Å². The maximum atomic E-state index is 12.0. The molecule has 0 unspecified atom stereocenters. The molecule has 0 spiro atoms. The van der Waals surface area contributed by atoms with Crippen LogP contribution in [0.4, 0.5) is 17.5 Å². The molecular weight excluding hydrogens is 414 g/mol. The SMILES string of the molecule is NC(=O)[C@H]1[C@@H](Nc2nc(Nc3ccc4c(c3)CCC(=O)CC4)ncc2Cl)[C@@H]2C=C[C@H]1C2. The van der Waals surface area contributed by atoms with Gasteiger partial charge in [0.15, 0.2) is 5.82 Å². The average molecular weight is 438 g/mol. The maximum absolute atomic E-state index is 12.0. The molecule has 7 nitrogen and oxygen atoms in total. The van der Waals surface area contributed by atoms with Crippen molar-refractivity contribution in [1.29, 1.82) is 0 Å². The normalized spacial score (nSPS) is 26.4. The number of ketones is 1. The fourth-order valence-electron chi connectivity index (χ4n) is 5.08. The van der Waals surface area contributed by atoms with E-state index in [0.29, 0.717) is 35.4 Å². The van der Waals surface area contributed by atoms with Gasteiger partial charge in [-0.05, 0) is 54.4 Å². The van der Waals surface area contributed by atoms with Crippen LogP contribution < -0.4 is 16.4 Å². The fraction of sp³-hybridized carbons (Fsp3) is 0.391. The molecule has 31 heavy (non-hydrogen) atoms. The second kappa shape index (κ2) is 7.96. The fourth-order valence-corrected chi connectivity index (χ4v) is 5.22. The van der Waals surface area contributed by atoms with Gasteiger partial charge in [-0.1, -0.05) is 29.8 Å². The minimum absolute atomic E-state index is 0.127. The number of nitrogens with two attached hydrogens (primary N) is 1. The summed E-state index contributed by atoms with van der Waals surface area (Å²) in [5.74, 6) is 1.03. The molecule has 3 aliphatic carbocycles. The lowest BCUT2D eigenvalue weighted by Gasteiger charge is -2.27. The highest BCUT2D eigenvalue weighted by Crippen LogP contribution is 2.45. The first-order valence-electron chi connectivity index (χ1n) is 10.6. The Hall–Kier alpha value is -2.93. The number of aryl methyl sites for hydroxylation is 2. The molecule has 8 heteroatoms. The van der Waals surface area contributed by atoms with Crippen molar-refractivity contribution in [3.05, 3.63) is 52.7 Å². The van der Waals surface area contributed by atoms with Gasteiger partial charge in [-0.25, -0.2) is 4.98 Å². The number of Topliss-reactive ketones (excluding diaryl/α,β-unsaturated/α-hetero) is 1. The lowest BCUT2D eigenvalue weighted by Crippen LogP contribution is -2.41. The van der Waals surface area contributed by atoms with Gasteiger partial charge in [0.05, 0.1) is 12.1 Å². The molecule has 2 aromatic rings. The van der Waals surface area contributed by atoms with Crippen LogP contribution in [0.2, 0.25) is 5.02 Å². The number of amides is 1. The van der Waals surface area contributed by atoms with Crippen molar-refractivity contribution in [1.82, 2.24) is 9.97 Å². The first kappa shape index (κ1) is 20.0. The molecule has 160 valence electrons. The van der Waals surface area contributed by atoms with Crippen molar-refractivity contribution in [3.8, 4) is 0 Å². The van der Waals surface area contributed by atoms with Gasteiger partial charge in [-0.15, -0.1) is 0 Å². The van der Waals surface area contributed by atoms with E-state index in [4.69, 9.17) is 17.3 Å². The third-order valence-corrected chi connectivity index (χ3v) is 6.92. The van der Waals surface area contributed by atoms with Gasteiger partial charge in [-0.3, -0.25) is 9.59 Å². The summed E-state index contributed by atoms with van der Waals surface area (Å²) in [4.78, 5) is 32.6. The first-order valence-corrected chi connectivity index (χ1v) is 11.0. The predicted octanol–water partition coefficient (Wildman–Crippen LogP) is 3.41. The van der Waals surface area contributed by atoms with E-state index in [1.54, 1.807) is 6.20 Å². The number of carbonyl (C=O) groups excluding carboxylic acids is 2. The number of hydrogen-bond donors (Lipinski definition) is 3. The van der Waals surface area contributed by atoms with Crippen LogP contribution in [0.25, 0.3) is 0 Å². The van der Waals surface area contributed by atoms with Gasteiger partial charge in [0, 0.05) is 24.6 Å². The van der Waals surface area contributed by atoms with Gasteiger partial charge < -0.3 is 16.4 Å². The van der Waals surface area contributed by atoms with Gasteiger partial charge in [-0.2, -0.15) is 4.98 Å². The third-order valence-electron chi connectivity index (χ3n) is 6.64. The Bertz CT molecular complexity index is 1090. The molecule has 2 bridgehead atoms. The van der Waals surface area contributed by atoms with Crippen molar-refractivity contribution in [2.45, 2.75) is 38.1 Å². The number of anilines is 3. The van der Waals surface area contributed by atoms with Crippen LogP contribution in [0.15, 0.2) is 36.5 Å². The lowest BCUT2D eigenvalue weighted by molar-refractivity contribution is -0.122. The van der Waals surface area contributed by atoms with E-state index in [2.05, 4.69) is 44.9 Å². The Labute approximate surface area is 185 Å². The average Bonchev–Trinajstić information content (AvgIpc) is 3.30. The van der Waals surface area contributed by atoms with Gasteiger partial charge in [0.25, 0.3) is 0 Å². The van der Waals surface area contributed by atoms with Crippen LogP contribution in [-0.4, -0.2) is 27.7 Å². The summed E-state index contributed by atoms with van der Waals surface area (Å²) >= 11 is 6.35. The van der Waals surface area contributed by atoms with Crippen molar-refractivity contribution >= 4 is 40.7 Å². The van der Waals surface area contributed by atoms with Crippen LogP contribution in [0.5, 0.6) is 0 Å². The van der Waals surface area contributed by atoms with E-state index < -0.39 is 0 Å². The van der Waals surface area contributed by atoms with E-state index >= 15 is 0 Å². The van der Waals surface area contributed by atoms with Crippen LogP contribution in [0.3, 0.4) is 0 Å². The van der Waals surface area contributed by atoms with Crippen molar-refractivity contribution < 1.29 is 9.59 Å². The summed E-state index contributed by atoms with van der Waals surface area (Å²) in [6.45, 7) is 0. The number of hydrogen-bond acceptors (Lipinski definition) is 6. The molecule has 1 fully saturated rings. The summed E-state index contributed by atoms with van der Waals surface area (Å²) in [5, 5.41) is 6.97. The largest absolute Gasteiger partial charge is 0.369 e. The number of aromatic nitrogens is 2. The zero-order valence-electron chi connectivity index (χ0n) is 17.0. The second-order valence-corrected chi connectivity index (χ2v) is 8.99. The number of carbonyl (C=O) groups is 2. The standard InChI is InChI=1S/C23H24ClN5O2/c24-18-11-26-23(27-16-6-3-12-4-7-17(30)8-5-13(12)10-16)29-22(18)28-20-15-2-1-14(9-15)19(20)21(25)31/h1-3,6,10-11,14-15,19-20H,4-5,7-9H2,(H2,25,31)(H2,26,27,28,29)/t14-,15+,19+,20-/m0/s1. The van der Waals surface area contributed by atoms with Crippen molar-refractivity contribution in [2.75, 3.05) is 10.6 Å². The summed E-state index contributed by atoms with van der Waals surface area (Å²) in [6.07, 6.45) is 9.42. The summed E-state index contributed by atoms with van der Waals surface area (Å²) < 4.78 is 0. The zero-order chi connectivity index (χ0) is 21.5. The number of allylic oxidation sites excluding steroid dienone is 1. The monoisotopic (exact) mass is 437 g/mol.